The van der Waals surface area contributed by atoms with Gasteiger partial charge in [0.1, 0.15) is 11.5 Å². The van der Waals surface area contributed by atoms with Crippen LogP contribution in [0, 0.1) is 5.92 Å². The zero-order valence-corrected chi connectivity index (χ0v) is 22.4. The van der Waals surface area contributed by atoms with Gasteiger partial charge in [-0.1, -0.05) is 133 Å². The average molecular weight is 531 g/mol. The number of aliphatic hydroxyl groups is 1. The van der Waals surface area contributed by atoms with E-state index in [2.05, 4.69) is 24.3 Å². The third kappa shape index (κ3) is 5.84. The van der Waals surface area contributed by atoms with Crippen LogP contribution in [-0.4, -0.2) is 28.9 Å². The molecular weight excluding hydrogens is 496 g/mol. The number of carboxylic acids is 1. The number of fused-ring (bicyclic) bond motifs is 1. The van der Waals surface area contributed by atoms with Crippen molar-refractivity contribution in [2.24, 2.45) is 5.92 Å². The summed E-state index contributed by atoms with van der Waals surface area (Å²) in [5.74, 6) is -2.15. The van der Waals surface area contributed by atoms with Crippen LogP contribution in [-0.2, 0) is 21.6 Å². The van der Waals surface area contributed by atoms with Crippen LogP contribution in [0.25, 0.3) is 10.8 Å². The van der Waals surface area contributed by atoms with Crippen LogP contribution in [0.1, 0.15) is 35.1 Å². The van der Waals surface area contributed by atoms with Gasteiger partial charge in [0.15, 0.2) is 0 Å². The lowest BCUT2D eigenvalue weighted by atomic mass is 9.80. The van der Waals surface area contributed by atoms with Crippen molar-refractivity contribution in [2.75, 3.05) is 6.61 Å². The second-order valence-corrected chi connectivity index (χ2v) is 10.1. The second kappa shape index (κ2) is 12.7. The molecule has 40 heavy (non-hydrogen) atoms. The molecule has 0 aromatic heterocycles. The molecule has 202 valence electrons. The number of carbonyl (C=O) groups is 1. The molecule has 4 nitrogen and oxygen atoms in total. The van der Waals surface area contributed by atoms with E-state index >= 15 is 0 Å². The number of hydrogen-bond donors (Lipinski definition) is 2. The molecule has 0 aliphatic heterocycles. The monoisotopic (exact) mass is 530 g/mol. The normalized spacial score (nSPS) is 13.1. The molecule has 2 atom stereocenters. The number of rotatable bonds is 12. The first-order chi connectivity index (χ1) is 19.6. The van der Waals surface area contributed by atoms with Gasteiger partial charge in [0.2, 0.25) is 0 Å². The molecule has 0 unspecified atom stereocenters. The van der Waals surface area contributed by atoms with Crippen molar-refractivity contribution in [1.82, 2.24) is 0 Å². The topological polar surface area (TPSA) is 66.8 Å². The average Bonchev–Trinajstić information content (AvgIpc) is 3.00. The van der Waals surface area contributed by atoms with E-state index in [-0.39, 0.29) is 6.61 Å². The first-order valence-corrected chi connectivity index (χ1v) is 13.8. The van der Waals surface area contributed by atoms with E-state index in [4.69, 9.17) is 4.74 Å². The fourth-order valence-corrected chi connectivity index (χ4v) is 5.54. The number of benzene rings is 5. The van der Waals surface area contributed by atoms with Crippen molar-refractivity contribution in [1.29, 1.82) is 0 Å². The highest BCUT2D eigenvalue weighted by molar-refractivity contribution is 5.85. The zero-order chi connectivity index (χ0) is 27.8. The first kappa shape index (κ1) is 27.3. The van der Waals surface area contributed by atoms with Crippen molar-refractivity contribution < 1.29 is 19.7 Å². The fraction of sp³-hybridized carbons (Fsp3) is 0.194. The Hall–Kier alpha value is -4.25. The maximum absolute atomic E-state index is 12.4. The SMILES string of the molecule is O=C(O)[C@@H](COC(c1ccccc1)(c1ccccc1)c1ccccc1)[C@@H](O)CCCc1cccc2ccccc12. The zero-order valence-electron chi connectivity index (χ0n) is 22.4. The molecule has 0 spiro atoms. The Morgan fingerprint density at radius 2 is 1.18 bits per heavy atom. The molecule has 0 heterocycles. The largest absolute Gasteiger partial charge is 0.481 e. The number of aliphatic hydroxyl groups excluding tert-OH is 1. The van der Waals surface area contributed by atoms with E-state index in [1.54, 1.807) is 0 Å². The van der Waals surface area contributed by atoms with Gasteiger partial charge in [0.05, 0.1) is 12.7 Å². The van der Waals surface area contributed by atoms with E-state index in [1.165, 1.54) is 16.3 Å². The highest BCUT2D eigenvalue weighted by Gasteiger charge is 2.39. The molecule has 0 fully saturated rings. The van der Waals surface area contributed by atoms with Crippen LogP contribution in [0.3, 0.4) is 0 Å². The van der Waals surface area contributed by atoms with Gasteiger partial charge >= 0.3 is 5.97 Å². The van der Waals surface area contributed by atoms with Crippen LogP contribution in [0.4, 0.5) is 0 Å². The molecule has 4 heteroatoms. The molecule has 0 saturated heterocycles. The quantitative estimate of drug-likeness (QED) is 0.167. The van der Waals surface area contributed by atoms with Gasteiger partial charge in [-0.15, -0.1) is 0 Å². The maximum atomic E-state index is 12.4. The fourth-order valence-electron chi connectivity index (χ4n) is 5.54. The summed E-state index contributed by atoms with van der Waals surface area (Å²) in [6.45, 7) is -0.149. The summed E-state index contributed by atoms with van der Waals surface area (Å²) in [6, 6.07) is 44.0. The molecule has 5 aromatic rings. The van der Waals surface area contributed by atoms with Gasteiger partial charge in [-0.25, -0.2) is 0 Å². The number of hydrogen-bond acceptors (Lipinski definition) is 3. The van der Waals surface area contributed by atoms with Crippen LogP contribution >= 0.6 is 0 Å². The summed E-state index contributed by atoms with van der Waals surface area (Å²) in [5.41, 5.74) is 2.83. The van der Waals surface area contributed by atoms with Crippen LogP contribution in [0.15, 0.2) is 133 Å². The van der Waals surface area contributed by atoms with Crippen molar-refractivity contribution >= 4 is 16.7 Å². The molecule has 2 N–H and O–H groups in total. The Labute approximate surface area is 235 Å². The van der Waals surface area contributed by atoms with Gasteiger partial charge in [-0.2, -0.15) is 0 Å². The minimum Gasteiger partial charge on any atom is -0.481 e. The van der Waals surface area contributed by atoms with Gasteiger partial charge in [0, 0.05) is 0 Å². The van der Waals surface area contributed by atoms with E-state index in [9.17, 15) is 15.0 Å². The molecule has 0 aliphatic carbocycles. The molecule has 0 amide bonds. The Balaban J connectivity index is 1.39. The van der Waals surface area contributed by atoms with Gasteiger partial charge < -0.3 is 14.9 Å². The molecule has 0 bridgehead atoms. The van der Waals surface area contributed by atoms with Gasteiger partial charge in [-0.05, 0) is 52.3 Å². The number of aryl methyl sites for hydroxylation is 1. The smallest absolute Gasteiger partial charge is 0.311 e. The predicted octanol–water partition coefficient (Wildman–Crippen LogP) is 7.23. The summed E-state index contributed by atoms with van der Waals surface area (Å²) in [5, 5.41) is 23.7. The number of aliphatic carboxylic acids is 1. The number of ether oxygens (including phenoxy) is 1. The summed E-state index contributed by atoms with van der Waals surface area (Å²) in [7, 11) is 0. The summed E-state index contributed by atoms with van der Waals surface area (Å²) < 4.78 is 6.71. The second-order valence-electron chi connectivity index (χ2n) is 10.1. The first-order valence-electron chi connectivity index (χ1n) is 13.8. The Morgan fingerprint density at radius 3 is 1.73 bits per heavy atom. The molecule has 0 aliphatic rings. The van der Waals surface area contributed by atoms with Crippen LogP contribution in [0.2, 0.25) is 0 Å². The lowest BCUT2D eigenvalue weighted by molar-refractivity contribution is -0.151. The minimum atomic E-state index is -1.08. The molecule has 5 aromatic carbocycles. The molecule has 0 saturated carbocycles. The molecule has 0 radical (unpaired) electrons. The van der Waals surface area contributed by atoms with E-state index in [1.807, 2.05) is 109 Å². The third-order valence-electron chi connectivity index (χ3n) is 7.63. The summed E-state index contributed by atoms with van der Waals surface area (Å²) in [6.07, 6.45) is 0.735. The van der Waals surface area contributed by atoms with Gasteiger partial charge in [0.25, 0.3) is 0 Å². The summed E-state index contributed by atoms with van der Waals surface area (Å²) in [4.78, 5) is 12.4. The highest BCUT2D eigenvalue weighted by atomic mass is 16.5. The van der Waals surface area contributed by atoms with E-state index in [0.29, 0.717) is 12.8 Å². The van der Waals surface area contributed by atoms with Crippen molar-refractivity contribution in [3.8, 4) is 0 Å². The predicted molar refractivity (Wildman–Crippen MR) is 159 cm³/mol. The number of carboxylic acid groups (broad SMARTS) is 1. The standard InChI is InChI=1S/C36H34O4/c37-34(25-13-17-28-16-12-15-27-14-10-11-24-32(27)28)33(35(38)39)26-40-36(29-18-4-1-5-19-29,30-20-6-2-7-21-30)31-22-8-3-9-23-31/h1-12,14-16,18-24,33-34,37H,13,17,25-26H2,(H,38,39)/t33-,34-/m0/s1. The van der Waals surface area contributed by atoms with E-state index in [0.717, 1.165) is 23.1 Å². The van der Waals surface area contributed by atoms with Crippen LogP contribution < -0.4 is 0 Å². The third-order valence-corrected chi connectivity index (χ3v) is 7.63. The summed E-state index contributed by atoms with van der Waals surface area (Å²) >= 11 is 0. The Kier molecular flexibility index (Phi) is 8.70. The van der Waals surface area contributed by atoms with Crippen molar-refractivity contribution in [3.05, 3.63) is 156 Å². The lowest BCUT2D eigenvalue weighted by Gasteiger charge is -2.37. The molecular formula is C36H34O4. The minimum absolute atomic E-state index is 0.149. The lowest BCUT2D eigenvalue weighted by Crippen LogP contribution is -2.39. The van der Waals surface area contributed by atoms with Crippen LogP contribution in [0.5, 0.6) is 0 Å². The highest BCUT2D eigenvalue weighted by Crippen LogP contribution is 2.41. The Bertz CT molecular complexity index is 1410. The van der Waals surface area contributed by atoms with Crippen molar-refractivity contribution in [3.63, 3.8) is 0 Å². The van der Waals surface area contributed by atoms with E-state index < -0.39 is 23.6 Å². The van der Waals surface area contributed by atoms with Gasteiger partial charge in [-0.3, -0.25) is 4.79 Å². The van der Waals surface area contributed by atoms with Crippen molar-refractivity contribution in [2.45, 2.75) is 31.0 Å². The Morgan fingerprint density at radius 1 is 0.675 bits per heavy atom. The molecule has 5 rings (SSSR count). The maximum Gasteiger partial charge on any atom is 0.311 e.